The average molecular weight is 383 g/mol. The molecule has 1 atom stereocenters. The van der Waals surface area contributed by atoms with Crippen molar-refractivity contribution in [3.05, 3.63) is 53.6 Å². The molecule has 0 amide bonds. The van der Waals surface area contributed by atoms with Crippen LogP contribution in [0.25, 0.3) is 6.08 Å². The molecule has 0 saturated heterocycles. The van der Waals surface area contributed by atoms with Gasteiger partial charge in [0.15, 0.2) is 0 Å². The summed E-state index contributed by atoms with van der Waals surface area (Å²) >= 11 is 0. The van der Waals surface area contributed by atoms with Crippen LogP contribution in [0.3, 0.4) is 0 Å². The van der Waals surface area contributed by atoms with Gasteiger partial charge in [0.2, 0.25) is 0 Å². The summed E-state index contributed by atoms with van der Waals surface area (Å²) in [6, 6.07) is 8.24. The Kier molecular flexibility index (Phi) is 11.7. The Morgan fingerprint density at radius 2 is 1.86 bits per heavy atom. The van der Waals surface area contributed by atoms with Gasteiger partial charge in [-0.2, -0.15) is 0 Å². The first-order valence-electron chi connectivity index (χ1n) is 10.1. The number of benzene rings is 1. The van der Waals surface area contributed by atoms with Gasteiger partial charge in [-0.05, 0) is 36.8 Å². The molecule has 0 radical (unpaired) electrons. The molecule has 3 heteroatoms. The zero-order chi connectivity index (χ0) is 20.7. The monoisotopic (exact) mass is 382 g/mol. The lowest BCUT2D eigenvalue weighted by atomic mass is 9.78. The molecule has 0 aliphatic rings. The Morgan fingerprint density at radius 1 is 1.14 bits per heavy atom. The van der Waals surface area contributed by atoms with Gasteiger partial charge in [0.05, 0.1) is 13.7 Å². The predicted molar refractivity (Wildman–Crippen MR) is 117 cm³/mol. The maximum atomic E-state index is 11.0. The summed E-state index contributed by atoms with van der Waals surface area (Å²) in [5.41, 5.74) is 1.93. The quantitative estimate of drug-likeness (QED) is 0.240. The van der Waals surface area contributed by atoms with E-state index in [1.165, 1.54) is 7.11 Å². The Morgan fingerprint density at radius 3 is 2.57 bits per heavy atom. The molecule has 152 valence electrons. The van der Waals surface area contributed by atoms with Crippen molar-refractivity contribution in [1.82, 2.24) is 0 Å². The molecule has 1 N–H and O–H groups in total. The number of rotatable bonds is 11. The minimum atomic E-state index is -0.356. The summed E-state index contributed by atoms with van der Waals surface area (Å²) in [7, 11) is 1.41. The second kappa shape index (κ2) is 13.8. The van der Waals surface area contributed by atoms with Gasteiger partial charge < -0.3 is 9.84 Å². The topological polar surface area (TPSA) is 46.5 Å². The van der Waals surface area contributed by atoms with E-state index < -0.39 is 0 Å². The number of allylic oxidation sites excluding steroid dienone is 3. The molecule has 0 fully saturated rings. The van der Waals surface area contributed by atoms with Crippen LogP contribution in [0.1, 0.15) is 69.9 Å². The van der Waals surface area contributed by atoms with Crippen molar-refractivity contribution >= 4 is 12.0 Å². The molecule has 0 spiro atoms. The molecule has 3 nitrogen and oxygen atoms in total. The van der Waals surface area contributed by atoms with Gasteiger partial charge in [0.25, 0.3) is 0 Å². The Bertz CT molecular complexity index is 706. The van der Waals surface area contributed by atoms with Crippen molar-refractivity contribution in [3.63, 3.8) is 0 Å². The number of carbonyl (C=O) groups is 1. The molecule has 1 aromatic rings. The first-order chi connectivity index (χ1) is 13.6. The lowest BCUT2D eigenvalue weighted by Crippen LogP contribution is -2.27. The molecular formula is C25H34O3. The second-order valence-corrected chi connectivity index (χ2v) is 7.11. The summed E-state index contributed by atoms with van der Waals surface area (Å²) in [6.07, 6.45) is 14.2. The van der Waals surface area contributed by atoms with Crippen LogP contribution in [-0.4, -0.2) is 24.8 Å². The number of hydrogen-bond donors (Lipinski definition) is 1. The van der Waals surface area contributed by atoms with Crippen LogP contribution < -0.4 is 0 Å². The zero-order valence-electron chi connectivity index (χ0n) is 17.5. The Hall–Kier alpha value is -2.31. The fourth-order valence-electron chi connectivity index (χ4n) is 2.91. The van der Waals surface area contributed by atoms with E-state index in [2.05, 4.69) is 53.9 Å². The molecule has 0 heterocycles. The number of ether oxygens (including phenoxy) is 1. The van der Waals surface area contributed by atoms with Crippen molar-refractivity contribution < 1.29 is 14.6 Å². The molecule has 0 saturated carbocycles. The molecule has 0 bridgehead atoms. The molecule has 0 aliphatic carbocycles. The summed E-state index contributed by atoms with van der Waals surface area (Å²) < 4.78 is 4.62. The number of methoxy groups -OCH3 is 1. The van der Waals surface area contributed by atoms with E-state index in [1.807, 2.05) is 25.1 Å². The van der Waals surface area contributed by atoms with Crippen molar-refractivity contribution in [2.24, 2.45) is 0 Å². The van der Waals surface area contributed by atoms with Gasteiger partial charge in [-0.1, -0.05) is 62.4 Å². The normalized spacial score (nSPS) is 13.3. The van der Waals surface area contributed by atoms with E-state index >= 15 is 0 Å². The third-order valence-corrected chi connectivity index (χ3v) is 4.69. The number of hydrogen-bond acceptors (Lipinski definition) is 3. The highest BCUT2D eigenvalue weighted by Crippen LogP contribution is 2.30. The summed E-state index contributed by atoms with van der Waals surface area (Å²) in [6.45, 7) is 4.18. The van der Waals surface area contributed by atoms with E-state index in [-0.39, 0.29) is 18.0 Å². The van der Waals surface area contributed by atoms with Crippen molar-refractivity contribution in [3.8, 4) is 11.8 Å². The van der Waals surface area contributed by atoms with Gasteiger partial charge in [0, 0.05) is 24.7 Å². The van der Waals surface area contributed by atoms with Crippen molar-refractivity contribution in [2.45, 2.75) is 64.2 Å². The standard InChI is InChI=1S/C25H34O3/c1-4-5-15-20-25(2,21-26)23-18-14-13-17-22(23)16-11-9-7-6-8-10-12-19-24(27)28-3/h8,10-11,13-14,16-18,26H,4,6-7,9,12,19-21H2,1-3H3/b10-8-,16-11+. The number of esters is 1. The van der Waals surface area contributed by atoms with Crippen LogP contribution in [0, 0.1) is 11.8 Å². The average Bonchev–Trinajstić information content (AvgIpc) is 2.72. The third-order valence-electron chi connectivity index (χ3n) is 4.69. The van der Waals surface area contributed by atoms with Crippen LogP contribution in [0.5, 0.6) is 0 Å². The van der Waals surface area contributed by atoms with Crippen LogP contribution in [0.4, 0.5) is 0 Å². The second-order valence-electron chi connectivity index (χ2n) is 7.11. The van der Waals surface area contributed by atoms with Gasteiger partial charge in [-0.3, -0.25) is 4.79 Å². The molecule has 1 aromatic carbocycles. The molecular weight excluding hydrogens is 348 g/mol. The molecule has 0 aromatic heterocycles. The van der Waals surface area contributed by atoms with Gasteiger partial charge >= 0.3 is 5.97 Å². The molecule has 1 unspecified atom stereocenters. The largest absolute Gasteiger partial charge is 0.469 e. The fraction of sp³-hybridized carbons (Fsp3) is 0.480. The maximum absolute atomic E-state index is 11.0. The van der Waals surface area contributed by atoms with E-state index in [9.17, 15) is 9.90 Å². The number of unbranched alkanes of at least 4 members (excludes halogenated alkanes) is 2. The first kappa shape index (κ1) is 23.7. The molecule has 0 aliphatic heterocycles. The highest BCUT2D eigenvalue weighted by molar-refractivity contribution is 5.69. The van der Waals surface area contributed by atoms with E-state index in [4.69, 9.17) is 0 Å². The zero-order valence-corrected chi connectivity index (χ0v) is 17.5. The van der Waals surface area contributed by atoms with E-state index in [0.29, 0.717) is 12.8 Å². The number of carbonyl (C=O) groups excluding carboxylic acids is 1. The molecule has 28 heavy (non-hydrogen) atoms. The number of aliphatic hydroxyl groups excluding tert-OH is 1. The third kappa shape index (κ3) is 8.59. The summed E-state index contributed by atoms with van der Waals surface area (Å²) in [5.74, 6) is 6.13. The fourth-order valence-corrected chi connectivity index (χ4v) is 2.91. The highest BCUT2D eigenvalue weighted by Gasteiger charge is 2.26. The van der Waals surface area contributed by atoms with Crippen LogP contribution in [-0.2, 0) is 14.9 Å². The minimum absolute atomic E-state index is 0.0760. The molecule has 1 rings (SSSR count). The number of aliphatic hydroxyl groups is 1. The van der Waals surface area contributed by atoms with Crippen molar-refractivity contribution in [2.75, 3.05) is 13.7 Å². The van der Waals surface area contributed by atoms with Gasteiger partial charge in [-0.15, -0.1) is 11.8 Å². The van der Waals surface area contributed by atoms with Crippen LogP contribution >= 0.6 is 0 Å². The van der Waals surface area contributed by atoms with Crippen LogP contribution in [0.2, 0.25) is 0 Å². The van der Waals surface area contributed by atoms with Gasteiger partial charge in [-0.25, -0.2) is 0 Å². The van der Waals surface area contributed by atoms with E-state index in [1.54, 1.807) is 0 Å². The van der Waals surface area contributed by atoms with Crippen LogP contribution in [0.15, 0.2) is 42.5 Å². The minimum Gasteiger partial charge on any atom is -0.469 e. The Balaban J connectivity index is 2.58. The van der Waals surface area contributed by atoms with E-state index in [0.717, 1.165) is 43.2 Å². The highest BCUT2D eigenvalue weighted by atomic mass is 16.5. The predicted octanol–water partition coefficient (Wildman–Crippen LogP) is 5.43. The lowest BCUT2D eigenvalue weighted by Gasteiger charge is -2.27. The summed E-state index contributed by atoms with van der Waals surface area (Å²) in [5, 5.41) is 10.00. The summed E-state index contributed by atoms with van der Waals surface area (Å²) in [4.78, 5) is 11.0. The first-order valence-corrected chi connectivity index (χ1v) is 10.1. The Labute approximate surface area is 170 Å². The smallest absolute Gasteiger partial charge is 0.305 e. The van der Waals surface area contributed by atoms with Gasteiger partial charge in [0.1, 0.15) is 0 Å². The lowest BCUT2D eigenvalue weighted by molar-refractivity contribution is -0.140. The van der Waals surface area contributed by atoms with Crippen molar-refractivity contribution in [1.29, 1.82) is 0 Å². The maximum Gasteiger partial charge on any atom is 0.305 e. The SMILES string of the molecule is CCC#CCC(C)(CO)c1ccccc1/C=C/CCC/C=C\CCC(=O)OC.